The van der Waals surface area contributed by atoms with E-state index in [-0.39, 0.29) is 5.41 Å². The van der Waals surface area contributed by atoms with Gasteiger partial charge in [0.15, 0.2) is 0 Å². The summed E-state index contributed by atoms with van der Waals surface area (Å²) < 4.78 is 0. The fourth-order valence-electron chi connectivity index (χ4n) is 4.59. The largest absolute Gasteiger partial charge is 0.380 e. The zero-order valence-corrected chi connectivity index (χ0v) is 18.6. The summed E-state index contributed by atoms with van der Waals surface area (Å²) in [6, 6.07) is 10.5. The van der Waals surface area contributed by atoms with Crippen molar-refractivity contribution in [2.75, 3.05) is 20.1 Å². The Balaban J connectivity index is 1.83. The van der Waals surface area contributed by atoms with E-state index in [0.29, 0.717) is 5.92 Å². The molecule has 0 amide bonds. The number of hydrogen-bond donors (Lipinski definition) is 1. The van der Waals surface area contributed by atoms with E-state index in [9.17, 15) is 5.11 Å². The molecule has 5 heteroatoms. The molecule has 152 valence electrons. The molecule has 1 saturated heterocycles. The van der Waals surface area contributed by atoms with Crippen molar-refractivity contribution in [2.45, 2.75) is 39.2 Å². The van der Waals surface area contributed by atoms with Gasteiger partial charge in [0.05, 0.1) is 0 Å². The van der Waals surface area contributed by atoms with Crippen molar-refractivity contribution in [1.82, 2.24) is 14.9 Å². The number of thiazole rings is 1. The predicted octanol–water partition coefficient (Wildman–Crippen LogP) is 4.82. The van der Waals surface area contributed by atoms with Gasteiger partial charge in [0.25, 0.3) is 0 Å². The molecule has 1 fully saturated rings. The molecule has 4 nitrogen and oxygen atoms in total. The van der Waals surface area contributed by atoms with E-state index >= 15 is 0 Å². The average molecular weight is 408 g/mol. The summed E-state index contributed by atoms with van der Waals surface area (Å²) in [5.74, 6) is 0.459. The molecule has 1 aromatic carbocycles. The van der Waals surface area contributed by atoms with E-state index in [2.05, 4.69) is 79.9 Å². The van der Waals surface area contributed by atoms with Gasteiger partial charge in [-0.3, -0.25) is 4.98 Å². The third-order valence-corrected chi connectivity index (χ3v) is 7.09. The first-order chi connectivity index (χ1) is 13.7. The molecule has 0 radical (unpaired) electrons. The van der Waals surface area contributed by atoms with Crippen molar-refractivity contribution >= 4 is 11.3 Å². The lowest BCUT2D eigenvalue weighted by Crippen LogP contribution is -2.63. The maximum absolute atomic E-state index is 12.3. The molecule has 1 atom stereocenters. The van der Waals surface area contributed by atoms with Gasteiger partial charge in [-0.15, -0.1) is 11.3 Å². The number of rotatable bonds is 5. The molecule has 0 spiro atoms. The molecule has 0 bridgehead atoms. The van der Waals surface area contributed by atoms with Gasteiger partial charge in [-0.05, 0) is 37.1 Å². The molecule has 1 aliphatic heterocycles. The molecule has 3 heterocycles. The molecule has 1 aliphatic rings. The first-order valence-corrected chi connectivity index (χ1v) is 10.9. The highest BCUT2D eigenvalue weighted by molar-refractivity contribution is 7.14. The van der Waals surface area contributed by atoms with Crippen LogP contribution in [-0.4, -0.2) is 40.1 Å². The minimum Gasteiger partial charge on any atom is -0.380 e. The quantitative estimate of drug-likeness (QED) is 0.658. The number of likely N-dealkylation sites (tertiary alicyclic amines) is 1. The highest BCUT2D eigenvalue weighted by Crippen LogP contribution is 2.50. The van der Waals surface area contributed by atoms with Crippen LogP contribution in [0.1, 0.15) is 48.3 Å². The Morgan fingerprint density at radius 2 is 1.79 bits per heavy atom. The summed E-state index contributed by atoms with van der Waals surface area (Å²) in [7, 11) is 2.09. The van der Waals surface area contributed by atoms with Crippen LogP contribution < -0.4 is 0 Å². The highest BCUT2D eigenvalue weighted by Gasteiger charge is 2.55. The molecular formula is C24H29N3OS. The SMILES string of the molecule is Cc1cnc(-c2cncc(C(O)(c3ccc(C(C)C)cc3)C3(C)CN(C)C3)c2)s1. The molecule has 4 rings (SSSR count). The maximum atomic E-state index is 12.3. The van der Waals surface area contributed by atoms with Gasteiger partial charge in [-0.25, -0.2) is 4.98 Å². The van der Waals surface area contributed by atoms with Crippen LogP contribution >= 0.6 is 11.3 Å². The van der Waals surface area contributed by atoms with E-state index in [1.54, 1.807) is 11.3 Å². The van der Waals surface area contributed by atoms with Crippen molar-refractivity contribution in [3.63, 3.8) is 0 Å². The lowest BCUT2D eigenvalue weighted by atomic mass is 9.62. The minimum absolute atomic E-state index is 0.291. The first kappa shape index (κ1) is 20.2. The van der Waals surface area contributed by atoms with Crippen molar-refractivity contribution in [2.24, 2.45) is 5.41 Å². The summed E-state index contributed by atoms with van der Waals surface area (Å²) in [5.41, 5.74) is 2.57. The Kier molecular flexibility index (Phi) is 5.09. The van der Waals surface area contributed by atoms with Crippen molar-refractivity contribution < 1.29 is 5.11 Å². The van der Waals surface area contributed by atoms with Gasteiger partial charge in [0.1, 0.15) is 10.6 Å². The van der Waals surface area contributed by atoms with E-state index in [4.69, 9.17) is 0 Å². The van der Waals surface area contributed by atoms with E-state index in [0.717, 1.165) is 39.7 Å². The second-order valence-corrected chi connectivity index (χ2v) is 10.2. The Hall–Kier alpha value is -2.08. The van der Waals surface area contributed by atoms with Crippen molar-refractivity contribution in [3.8, 4) is 10.6 Å². The second-order valence-electron chi connectivity index (χ2n) is 8.96. The molecule has 2 aromatic heterocycles. The molecule has 1 N–H and O–H groups in total. The van der Waals surface area contributed by atoms with Crippen LogP contribution in [0.5, 0.6) is 0 Å². The fraction of sp³-hybridized carbons (Fsp3) is 0.417. The van der Waals surface area contributed by atoms with Crippen molar-refractivity contribution in [3.05, 3.63) is 70.5 Å². The van der Waals surface area contributed by atoms with Gasteiger partial charge in [-0.2, -0.15) is 0 Å². The molecule has 3 aromatic rings. The average Bonchev–Trinajstić information content (AvgIpc) is 3.13. The number of hydrogen-bond acceptors (Lipinski definition) is 5. The van der Waals surface area contributed by atoms with Gasteiger partial charge in [0, 0.05) is 53.1 Å². The zero-order chi connectivity index (χ0) is 20.8. The Morgan fingerprint density at radius 3 is 2.34 bits per heavy atom. The van der Waals surface area contributed by atoms with Crippen LogP contribution in [-0.2, 0) is 5.60 Å². The van der Waals surface area contributed by atoms with Crippen LogP contribution in [0.4, 0.5) is 0 Å². The second kappa shape index (κ2) is 7.31. The zero-order valence-electron chi connectivity index (χ0n) is 17.8. The normalized spacial score (nSPS) is 18.4. The first-order valence-electron chi connectivity index (χ1n) is 10.1. The number of aryl methyl sites for hydroxylation is 1. The summed E-state index contributed by atoms with van der Waals surface area (Å²) in [5, 5.41) is 13.2. The number of aliphatic hydroxyl groups is 1. The van der Waals surface area contributed by atoms with Gasteiger partial charge >= 0.3 is 0 Å². The third kappa shape index (κ3) is 3.41. The van der Waals surface area contributed by atoms with E-state index in [1.807, 2.05) is 18.6 Å². The maximum Gasteiger partial charge on any atom is 0.125 e. The summed E-state index contributed by atoms with van der Waals surface area (Å²) in [6.45, 7) is 10.3. The standard InChI is InChI=1S/C24H29N3OS/c1-16(2)18-6-8-20(9-7-18)24(28,23(4)14-27(5)15-23)21-10-19(12-25-13-21)22-26-11-17(3)29-22/h6-13,16,28H,14-15H2,1-5H3. The smallest absolute Gasteiger partial charge is 0.125 e. The van der Waals surface area contributed by atoms with Crippen LogP contribution in [0.15, 0.2) is 48.9 Å². The predicted molar refractivity (Wildman–Crippen MR) is 119 cm³/mol. The summed E-state index contributed by atoms with van der Waals surface area (Å²) >= 11 is 1.65. The lowest BCUT2D eigenvalue weighted by molar-refractivity contribution is -0.127. The minimum atomic E-state index is -1.12. The van der Waals surface area contributed by atoms with Crippen LogP contribution in [0.3, 0.4) is 0 Å². The summed E-state index contributed by atoms with van der Waals surface area (Å²) in [6.07, 6.45) is 5.52. The van der Waals surface area contributed by atoms with Crippen LogP contribution in [0.2, 0.25) is 0 Å². The molecule has 0 aliphatic carbocycles. The summed E-state index contributed by atoms with van der Waals surface area (Å²) in [4.78, 5) is 12.4. The van der Waals surface area contributed by atoms with E-state index < -0.39 is 5.60 Å². The highest BCUT2D eigenvalue weighted by atomic mass is 32.1. The number of nitrogens with zero attached hydrogens (tertiary/aromatic N) is 3. The van der Waals surface area contributed by atoms with Gasteiger partial charge in [0.2, 0.25) is 0 Å². The Labute approximate surface area is 177 Å². The third-order valence-electron chi connectivity index (χ3n) is 6.13. The number of benzene rings is 1. The Morgan fingerprint density at radius 1 is 1.10 bits per heavy atom. The number of aromatic nitrogens is 2. The van der Waals surface area contributed by atoms with Crippen LogP contribution in [0.25, 0.3) is 10.6 Å². The molecule has 0 saturated carbocycles. The lowest BCUT2D eigenvalue weighted by Gasteiger charge is -2.55. The Bertz CT molecular complexity index is 1000. The molecule has 29 heavy (non-hydrogen) atoms. The molecule has 1 unspecified atom stereocenters. The monoisotopic (exact) mass is 407 g/mol. The fourth-order valence-corrected chi connectivity index (χ4v) is 5.34. The van der Waals surface area contributed by atoms with Gasteiger partial charge < -0.3 is 10.0 Å². The molecular weight excluding hydrogens is 378 g/mol. The van der Waals surface area contributed by atoms with Crippen LogP contribution in [0, 0.1) is 12.3 Å². The van der Waals surface area contributed by atoms with Crippen molar-refractivity contribution in [1.29, 1.82) is 0 Å². The topological polar surface area (TPSA) is 49.3 Å². The number of pyridine rings is 1. The van der Waals surface area contributed by atoms with E-state index in [1.165, 1.54) is 5.56 Å². The van der Waals surface area contributed by atoms with Gasteiger partial charge in [-0.1, -0.05) is 45.0 Å².